The maximum absolute atomic E-state index is 9.09. The van der Waals surface area contributed by atoms with Crippen molar-refractivity contribution < 1.29 is 18.7 Å². The summed E-state index contributed by atoms with van der Waals surface area (Å²) in [7, 11) is -1.76. The van der Waals surface area contributed by atoms with Gasteiger partial charge in [-0.3, -0.25) is 4.57 Å². The van der Waals surface area contributed by atoms with Crippen LogP contribution in [0.15, 0.2) is 6.33 Å². The minimum Gasteiger partial charge on any atom is -0.382 e. The second kappa shape index (κ2) is 5.43. The van der Waals surface area contributed by atoms with Crippen LogP contribution >= 0.6 is 8.60 Å². The largest absolute Gasteiger partial charge is 0.382 e. The van der Waals surface area contributed by atoms with Crippen LogP contribution in [0.1, 0.15) is 0 Å². The van der Waals surface area contributed by atoms with Gasteiger partial charge in [0, 0.05) is 0 Å². The molecule has 2 unspecified atom stereocenters. The SMILES string of the molecule is Nc1nc(N)c2ncn(COCC3COP(O)O3)c2n1. The van der Waals surface area contributed by atoms with Crippen molar-refractivity contribution in [3.63, 3.8) is 0 Å². The summed E-state index contributed by atoms with van der Waals surface area (Å²) in [6, 6.07) is 0. The lowest BCUT2D eigenvalue weighted by Crippen LogP contribution is -2.18. The number of ether oxygens (including phenoxy) is 1. The van der Waals surface area contributed by atoms with Gasteiger partial charge in [0.05, 0.1) is 19.5 Å². The fraction of sp³-hybridized carbons (Fsp3) is 0.444. The van der Waals surface area contributed by atoms with E-state index in [0.717, 1.165) is 0 Å². The second-order valence-corrected chi connectivity index (χ2v) is 5.06. The first kappa shape index (κ1) is 13.4. The van der Waals surface area contributed by atoms with Crippen molar-refractivity contribution in [1.29, 1.82) is 0 Å². The molecule has 1 aliphatic heterocycles. The van der Waals surface area contributed by atoms with Crippen LogP contribution in [0.2, 0.25) is 0 Å². The van der Waals surface area contributed by atoms with Gasteiger partial charge in [-0.15, -0.1) is 0 Å². The molecular weight excluding hydrogens is 287 g/mol. The van der Waals surface area contributed by atoms with E-state index in [9.17, 15) is 0 Å². The van der Waals surface area contributed by atoms with Gasteiger partial charge in [0.25, 0.3) is 0 Å². The molecule has 0 bridgehead atoms. The maximum atomic E-state index is 9.09. The molecule has 5 N–H and O–H groups in total. The fourth-order valence-electron chi connectivity index (χ4n) is 1.77. The number of hydrogen-bond acceptors (Lipinski definition) is 9. The van der Waals surface area contributed by atoms with Crippen molar-refractivity contribution in [1.82, 2.24) is 19.5 Å². The number of nitrogens with two attached hydrogens (primary N) is 2. The molecule has 3 rings (SSSR count). The zero-order valence-corrected chi connectivity index (χ0v) is 11.2. The number of hydrogen-bond donors (Lipinski definition) is 3. The van der Waals surface area contributed by atoms with Crippen molar-refractivity contribution in [3.05, 3.63) is 6.33 Å². The Labute approximate surface area is 114 Å². The average molecular weight is 300 g/mol. The molecule has 0 aromatic carbocycles. The fourth-order valence-corrected chi connectivity index (χ4v) is 2.51. The van der Waals surface area contributed by atoms with E-state index in [1.807, 2.05) is 0 Å². The Bertz CT molecular complexity index is 622. The number of nitrogen functional groups attached to an aromatic ring is 2. The number of fused-ring (bicyclic) bond motifs is 1. The molecule has 1 aliphatic rings. The molecular formula is C9H13N6O4P. The summed E-state index contributed by atoms with van der Waals surface area (Å²) in [6.07, 6.45) is 1.27. The molecule has 10 nitrogen and oxygen atoms in total. The van der Waals surface area contributed by atoms with E-state index in [4.69, 9.17) is 30.1 Å². The van der Waals surface area contributed by atoms with Gasteiger partial charge in [-0.05, 0) is 0 Å². The van der Waals surface area contributed by atoms with Crippen molar-refractivity contribution in [2.45, 2.75) is 12.8 Å². The highest BCUT2D eigenvalue weighted by molar-refractivity contribution is 7.40. The van der Waals surface area contributed by atoms with Crippen LogP contribution in [0.5, 0.6) is 0 Å². The smallest absolute Gasteiger partial charge is 0.330 e. The molecule has 2 aromatic heterocycles. The van der Waals surface area contributed by atoms with Crippen molar-refractivity contribution >= 4 is 31.5 Å². The van der Waals surface area contributed by atoms with E-state index in [2.05, 4.69) is 15.0 Å². The third kappa shape index (κ3) is 2.65. The van der Waals surface area contributed by atoms with E-state index in [-0.39, 0.29) is 31.2 Å². The third-order valence-electron chi connectivity index (χ3n) is 2.65. The molecule has 0 spiro atoms. The second-order valence-electron chi connectivity index (χ2n) is 4.11. The van der Waals surface area contributed by atoms with Crippen LogP contribution in [-0.4, -0.2) is 43.7 Å². The molecule has 2 aromatic rings. The third-order valence-corrected chi connectivity index (χ3v) is 3.50. The number of anilines is 2. The van der Waals surface area contributed by atoms with Crippen molar-refractivity contribution in [3.8, 4) is 0 Å². The zero-order chi connectivity index (χ0) is 14.1. The van der Waals surface area contributed by atoms with Crippen LogP contribution in [0, 0.1) is 0 Å². The van der Waals surface area contributed by atoms with Gasteiger partial charge in [0.1, 0.15) is 18.4 Å². The Kier molecular flexibility index (Phi) is 3.64. The van der Waals surface area contributed by atoms with Gasteiger partial charge < -0.3 is 30.1 Å². The van der Waals surface area contributed by atoms with Gasteiger partial charge in [0.15, 0.2) is 11.5 Å². The Morgan fingerprint density at radius 2 is 2.35 bits per heavy atom. The molecule has 1 saturated heterocycles. The lowest BCUT2D eigenvalue weighted by Gasteiger charge is -2.09. The van der Waals surface area contributed by atoms with E-state index in [0.29, 0.717) is 17.8 Å². The summed E-state index contributed by atoms with van der Waals surface area (Å²) >= 11 is 0. The molecule has 3 heterocycles. The first-order valence-electron chi connectivity index (χ1n) is 5.73. The first-order valence-corrected chi connectivity index (χ1v) is 6.87. The molecule has 2 atom stereocenters. The molecule has 108 valence electrons. The quantitative estimate of drug-likeness (QED) is 0.642. The Morgan fingerprint density at radius 1 is 1.50 bits per heavy atom. The summed E-state index contributed by atoms with van der Waals surface area (Å²) < 4.78 is 17.1. The Balaban J connectivity index is 1.66. The van der Waals surface area contributed by atoms with Gasteiger partial charge in [0.2, 0.25) is 5.95 Å². The summed E-state index contributed by atoms with van der Waals surface area (Å²) in [5.41, 5.74) is 12.2. The molecule has 1 fully saturated rings. The van der Waals surface area contributed by atoms with Gasteiger partial charge >= 0.3 is 8.60 Å². The normalized spacial score (nSPS) is 22.6. The molecule has 0 amide bonds. The van der Waals surface area contributed by atoms with E-state index >= 15 is 0 Å². The maximum Gasteiger partial charge on any atom is 0.330 e. The van der Waals surface area contributed by atoms with Crippen molar-refractivity contribution in [2.75, 3.05) is 24.7 Å². The number of rotatable bonds is 4. The highest BCUT2D eigenvalue weighted by Crippen LogP contribution is 2.40. The monoisotopic (exact) mass is 300 g/mol. The van der Waals surface area contributed by atoms with Crippen molar-refractivity contribution in [2.24, 2.45) is 0 Å². The summed E-state index contributed by atoms with van der Waals surface area (Å²) in [4.78, 5) is 21.1. The Morgan fingerprint density at radius 3 is 3.10 bits per heavy atom. The predicted octanol–water partition coefficient (Wildman–Crippen LogP) is -0.401. The Hall–Kier alpha value is -1.58. The van der Waals surface area contributed by atoms with Gasteiger partial charge in [-0.25, -0.2) is 4.98 Å². The first-order chi connectivity index (χ1) is 9.63. The topological polar surface area (TPSA) is 144 Å². The summed E-state index contributed by atoms with van der Waals surface area (Å²) in [6.45, 7) is 0.805. The predicted molar refractivity (Wildman–Crippen MR) is 70.1 cm³/mol. The minimum absolute atomic E-state index is 0.0789. The molecule has 20 heavy (non-hydrogen) atoms. The lowest BCUT2D eigenvalue weighted by molar-refractivity contribution is 0.0241. The summed E-state index contributed by atoms with van der Waals surface area (Å²) in [5, 5.41) is 0. The average Bonchev–Trinajstić information content (AvgIpc) is 2.97. The van der Waals surface area contributed by atoms with Crippen LogP contribution in [0.3, 0.4) is 0 Å². The highest BCUT2D eigenvalue weighted by atomic mass is 31.2. The number of aromatic nitrogens is 4. The lowest BCUT2D eigenvalue weighted by atomic mass is 10.4. The molecule has 0 aliphatic carbocycles. The van der Waals surface area contributed by atoms with Crippen LogP contribution in [0.25, 0.3) is 11.2 Å². The number of nitrogens with zero attached hydrogens (tertiary/aromatic N) is 4. The molecule has 0 saturated carbocycles. The number of imidazole rings is 1. The minimum atomic E-state index is -1.76. The van der Waals surface area contributed by atoms with Crippen LogP contribution < -0.4 is 11.5 Å². The zero-order valence-electron chi connectivity index (χ0n) is 10.3. The standard InChI is InChI=1S/C9H13N6O4P/c10-7-6-8(14-9(11)13-7)15(3-12-6)4-17-1-5-2-18-20(16)19-5/h3,5,16H,1-2,4H2,(H4,10,11,13,14). The summed E-state index contributed by atoms with van der Waals surface area (Å²) in [5.74, 6) is 0.305. The van der Waals surface area contributed by atoms with Gasteiger partial charge in [-0.1, -0.05) is 0 Å². The highest BCUT2D eigenvalue weighted by Gasteiger charge is 2.25. The molecule has 11 heteroatoms. The van der Waals surface area contributed by atoms with Crippen LogP contribution in [-0.2, 0) is 20.5 Å². The van der Waals surface area contributed by atoms with E-state index in [1.54, 1.807) is 10.9 Å². The van der Waals surface area contributed by atoms with Crippen LogP contribution in [0.4, 0.5) is 11.8 Å². The molecule has 0 radical (unpaired) electrons. The van der Waals surface area contributed by atoms with E-state index < -0.39 is 8.60 Å². The van der Waals surface area contributed by atoms with E-state index in [1.165, 1.54) is 0 Å². The van der Waals surface area contributed by atoms with Gasteiger partial charge in [-0.2, -0.15) is 9.97 Å².